The first-order valence-corrected chi connectivity index (χ1v) is 6.81. The zero-order valence-corrected chi connectivity index (χ0v) is 11.8. The Morgan fingerprint density at radius 3 is 2.68 bits per heavy atom. The molecule has 0 saturated carbocycles. The summed E-state index contributed by atoms with van der Waals surface area (Å²) in [6.45, 7) is 3.44. The number of nitrogens with one attached hydrogen (secondary N) is 1. The van der Waals surface area contributed by atoms with Crippen LogP contribution in [0.4, 0.5) is 5.69 Å². The fraction of sp³-hybridized carbons (Fsp3) is 0. The van der Waals surface area contributed by atoms with Gasteiger partial charge >= 0.3 is 0 Å². The number of hydrogen-bond acceptors (Lipinski definition) is 3. The van der Waals surface area contributed by atoms with Crippen molar-refractivity contribution >= 4 is 22.5 Å². The predicted molar refractivity (Wildman–Crippen MR) is 87.1 cm³/mol. The average molecular weight is 290 g/mol. The lowest BCUT2D eigenvalue weighted by molar-refractivity contribution is -0.111. The van der Waals surface area contributed by atoms with Crippen LogP contribution in [0.2, 0.25) is 0 Å². The minimum absolute atomic E-state index is 0.246. The molecule has 0 aliphatic heterocycles. The minimum Gasteiger partial charge on any atom is -0.456 e. The van der Waals surface area contributed by atoms with Crippen LogP contribution >= 0.6 is 0 Å². The molecule has 0 atom stereocenters. The number of hydrogen-bond donors (Lipinski definition) is 1. The standard InChI is InChI=1S/C18H14N2O2/c1-2-18(21)20-14-8-9-17-13(10-14)11-16(12-19-17)22-15-6-4-3-5-7-15/h2-12H,1H2,(H,20,21). The molecule has 1 N–H and O–H groups in total. The summed E-state index contributed by atoms with van der Waals surface area (Å²) in [7, 11) is 0. The van der Waals surface area contributed by atoms with Crippen molar-refractivity contribution in [2.24, 2.45) is 0 Å². The fourth-order valence-corrected chi connectivity index (χ4v) is 2.06. The molecule has 0 bridgehead atoms. The van der Waals surface area contributed by atoms with Gasteiger partial charge in [0.1, 0.15) is 11.5 Å². The van der Waals surface area contributed by atoms with Crippen LogP contribution in [0.25, 0.3) is 10.9 Å². The van der Waals surface area contributed by atoms with Gasteiger partial charge in [0.25, 0.3) is 0 Å². The molecule has 0 spiro atoms. The molecular formula is C18H14N2O2. The lowest BCUT2D eigenvalue weighted by atomic mass is 10.2. The number of para-hydroxylation sites is 1. The Morgan fingerprint density at radius 2 is 1.91 bits per heavy atom. The van der Waals surface area contributed by atoms with Crippen molar-refractivity contribution in [2.45, 2.75) is 0 Å². The van der Waals surface area contributed by atoms with Crippen molar-refractivity contribution in [3.05, 3.63) is 73.4 Å². The topological polar surface area (TPSA) is 51.2 Å². The Morgan fingerprint density at radius 1 is 1.09 bits per heavy atom. The summed E-state index contributed by atoms with van der Waals surface area (Å²) in [5.41, 5.74) is 1.52. The summed E-state index contributed by atoms with van der Waals surface area (Å²) >= 11 is 0. The number of nitrogens with zero attached hydrogens (tertiary/aromatic N) is 1. The van der Waals surface area contributed by atoms with E-state index in [0.29, 0.717) is 11.4 Å². The van der Waals surface area contributed by atoms with Crippen LogP contribution in [0, 0.1) is 0 Å². The smallest absolute Gasteiger partial charge is 0.247 e. The lowest BCUT2D eigenvalue weighted by Crippen LogP contribution is -2.06. The number of pyridine rings is 1. The lowest BCUT2D eigenvalue weighted by Gasteiger charge is -2.07. The van der Waals surface area contributed by atoms with Crippen LogP contribution in [-0.4, -0.2) is 10.9 Å². The van der Waals surface area contributed by atoms with Crippen molar-refractivity contribution in [3.63, 3.8) is 0 Å². The highest BCUT2D eigenvalue weighted by Gasteiger charge is 2.03. The second kappa shape index (κ2) is 6.10. The Balaban J connectivity index is 1.90. The number of rotatable bonds is 4. The minimum atomic E-state index is -0.246. The number of carbonyl (C=O) groups excluding carboxylic acids is 1. The molecule has 22 heavy (non-hydrogen) atoms. The van der Waals surface area contributed by atoms with Gasteiger partial charge in [-0.1, -0.05) is 24.8 Å². The van der Waals surface area contributed by atoms with Gasteiger partial charge in [-0.3, -0.25) is 9.78 Å². The van der Waals surface area contributed by atoms with Gasteiger partial charge in [0, 0.05) is 11.1 Å². The van der Waals surface area contributed by atoms with Crippen LogP contribution in [0.15, 0.2) is 73.4 Å². The Hall–Kier alpha value is -3.14. The number of anilines is 1. The summed E-state index contributed by atoms with van der Waals surface area (Å²) in [6.07, 6.45) is 2.91. The molecule has 1 heterocycles. The van der Waals surface area contributed by atoms with Gasteiger partial charge in [0.05, 0.1) is 11.7 Å². The van der Waals surface area contributed by atoms with Gasteiger partial charge in [-0.25, -0.2) is 0 Å². The van der Waals surface area contributed by atoms with E-state index in [2.05, 4.69) is 16.9 Å². The van der Waals surface area contributed by atoms with E-state index < -0.39 is 0 Å². The third-order valence-electron chi connectivity index (χ3n) is 3.09. The van der Waals surface area contributed by atoms with Crippen molar-refractivity contribution in [3.8, 4) is 11.5 Å². The van der Waals surface area contributed by atoms with Crippen LogP contribution < -0.4 is 10.1 Å². The second-order valence-corrected chi connectivity index (χ2v) is 4.69. The molecule has 0 saturated heterocycles. The van der Waals surface area contributed by atoms with E-state index in [1.807, 2.05) is 48.5 Å². The Kier molecular flexibility index (Phi) is 3.83. The van der Waals surface area contributed by atoms with E-state index in [4.69, 9.17) is 4.74 Å². The van der Waals surface area contributed by atoms with Crippen LogP contribution in [0.1, 0.15) is 0 Å². The van der Waals surface area contributed by atoms with E-state index in [1.165, 1.54) is 6.08 Å². The first-order chi connectivity index (χ1) is 10.7. The third kappa shape index (κ3) is 3.12. The van der Waals surface area contributed by atoms with Crippen molar-refractivity contribution in [2.75, 3.05) is 5.32 Å². The van der Waals surface area contributed by atoms with Gasteiger partial charge < -0.3 is 10.1 Å². The molecule has 0 fully saturated rings. The zero-order chi connectivity index (χ0) is 15.4. The Labute approximate surface area is 128 Å². The van der Waals surface area contributed by atoms with Crippen LogP contribution in [0.5, 0.6) is 11.5 Å². The highest BCUT2D eigenvalue weighted by Crippen LogP contribution is 2.25. The quantitative estimate of drug-likeness (QED) is 0.734. The van der Waals surface area contributed by atoms with Crippen molar-refractivity contribution in [1.29, 1.82) is 0 Å². The number of fused-ring (bicyclic) bond motifs is 1. The molecule has 4 heteroatoms. The van der Waals surface area contributed by atoms with E-state index in [1.54, 1.807) is 12.3 Å². The van der Waals surface area contributed by atoms with E-state index in [-0.39, 0.29) is 5.91 Å². The summed E-state index contributed by atoms with van der Waals surface area (Å²) in [5.74, 6) is 1.15. The molecule has 2 aromatic carbocycles. The largest absolute Gasteiger partial charge is 0.456 e. The first-order valence-electron chi connectivity index (χ1n) is 6.81. The number of benzene rings is 2. The third-order valence-corrected chi connectivity index (χ3v) is 3.09. The highest BCUT2D eigenvalue weighted by atomic mass is 16.5. The molecule has 0 radical (unpaired) electrons. The van der Waals surface area contributed by atoms with Gasteiger partial charge in [-0.15, -0.1) is 0 Å². The molecule has 4 nitrogen and oxygen atoms in total. The molecule has 0 aliphatic carbocycles. The van der Waals surface area contributed by atoms with Gasteiger partial charge in [-0.05, 0) is 42.5 Å². The molecular weight excluding hydrogens is 276 g/mol. The SMILES string of the molecule is C=CC(=O)Nc1ccc2ncc(Oc3ccccc3)cc2c1. The van der Waals surface area contributed by atoms with E-state index in [0.717, 1.165) is 16.7 Å². The molecule has 108 valence electrons. The summed E-state index contributed by atoms with van der Waals surface area (Å²) in [5, 5.41) is 3.61. The molecule has 0 aliphatic rings. The normalized spacial score (nSPS) is 10.2. The van der Waals surface area contributed by atoms with Crippen LogP contribution in [-0.2, 0) is 4.79 Å². The van der Waals surface area contributed by atoms with Gasteiger partial charge in [0.15, 0.2) is 0 Å². The predicted octanol–water partition coefficient (Wildman–Crippen LogP) is 4.15. The number of aromatic nitrogens is 1. The molecule has 3 rings (SSSR count). The number of carbonyl (C=O) groups is 1. The summed E-state index contributed by atoms with van der Waals surface area (Å²) in [4.78, 5) is 15.7. The Bertz CT molecular complexity index is 829. The molecule has 3 aromatic rings. The van der Waals surface area contributed by atoms with Gasteiger partial charge in [0.2, 0.25) is 5.91 Å². The maximum Gasteiger partial charge on any atom is 0.247 e. The highest BCUT2D eigenvalue weighted by molar-refractivity contribution is 6.00. The summed E-state index contributed by atoms with van der Waals surface area (Å²) in [6, 6.07) is 16.9. The summed E-state index contributed by atoms with van der Waals surface area (Å²) < 4.78 is 5.76. The van der Waals surface area contributed by atoms with Crippen molar-refractivity contribution < 1.29 is 9.53 Å². The first kappa shape index (κ1) is 13.8. The maximum atomic E-state index is 11.4. The van der Waals surface area contributed by atoms with Crippen LogP contribution in [0.3, 0.4) is 0 Å². The van der Waals surface area contributed by atoms with Gasteiger partial charge in [-0.2, -0.15) is 0 Å². The molecule has 1 amide bonds. The molecule has 0 unspecified atom stereocenters. The maximum absolute atomic E-state index is 11.4. The number of amides is 1. The second-order valence-electron chi connectivity index (χ2n) is 4.69. The number of ether oxygens (including phenoxy) is 1. The monoisotopic (exact) mass is 290 g/mol. The average Bonchev–Trinajstić information content (AvgIpc) is 2.55. The zero-order valence-electron chi connectivity index (χ0n) is 11.8. The fourth-order valence-electron chi connectivity index (χ4n) is 2.06. The van der Waals surface area contributed by atoms with E-state index in [9.17, 15) is 4.79 Å². The molecule has 1 aromatic heterocycles. The van der Waals surface area contributed by atoms with E-state index >= 15 is 0 Å². The van der Waals surface area contributed by atoms with Crippen molar-refractivity contribution in [1.82, 2.24) is 4.98 Å².